The molecule has 1 aliphatic heterocycles. The lowest BCUT2D eigenvalue weighted by Gasteiger charge is -2.15. The molecule has 1 unspecified atom stereocenters. The Hall–Kier alpha value is -1.88. The van der Waals surface area contributed by atoms with E-state index >= 15 is 0 Å². The van der Waals surface area contributed by atoms with Gasteiger partial charge in [0.2, 0.25) is 0 Å². The topological polar surface area (TPSA) is 57.4 Å². The van der Waals surface area contributed by atoms with Crippen LogP contribution in [0.2, 0.25) is 0 Å². The minimum absolute atomic E-state index is 0.117. The Bertz CT molecular complexity index is 582. The van der Waals surface area contributed by atoms with Crippen molar-refractivity contribution in [2.24, 2.45) is 0 Å². The van der Waals surface area contributed by atoms with Crippen LogP contribution >= 0.6 is 0 Å². The molecule has 18 heavy (non-hydrogen) atoms. The first kappa shape index (κ1) is 11.2. The molecule has 0 saturated carbocycles. The fraction of sp³-hybridized carbons (Fsp3) is 0.308. The number of pyridine rings is 1. The second kappa shape index (κ2) is 4.42. The van der Waals surface area contributed by atoms with Gasteiger partial charge in [-0.2, -0.15) is 0 Å². The van der Waals surface area contributed by atoms with Gasteiger partial charge in [0, 0.05) is 29.8 Å². The lowest BCUT2D eigenvalue weighted by atomic mass is 10.1. The van der Waals surface area contributed by atoms with Gasteiger partial charge in [0.25, 0.3) is 0 Å². The molecule has 2 heterocycles. The van der Waals surface area contributed by atoms with Gasteiger partial charge in [-0.1, -0.05) is 0 Å². The van der Waals surface area contributed by atoms with Crippen molar-refractivity contribution in [3.05, 3.63) is 30.2 Å². The first-order chi connectivity index (χ1) is 8.75. The molecule has 4 nitrogen and oxygen atoms in total. The fourth-order valence-electron chi connectivity index (χ4n) is 2.10. The maximum atomic E-state index is 13.9. The Morgan fingerprint density at radius 1 is 1.50 bits per heavy atom. The third kappa shape index (κ3) is 1.86. The minimum atomic E-state index is -0.481. The molecule has 0 bridgehead atoms. The normalized spacial score (nSPS) is 19.3. The number of halogens is 1. The van der Waals surface area contributed by atoms with Crippen LogP contribution in [0.25, 0.3) is 10.9 Å². The largest absolute Gasteiger partial charge is 0.483 e. The first-order valence-corrected chi connectivity index (χ1v) is 5.83. The van der Waals surface area contributed by atoms with Gasteiger partial charge in [-0.3, -0.25) is 4.98 Å². The number of rotatable bonds is 2. The van der Waals surface area contributed by atoms with E-state index in [0.29, 0.717) is 29.8 Å². The van der Waals surface area contributed by atoms with E-state index in [1.807, 2.05) is 0 Å². The number of aromatic nitrogens is 1. The van der Waals surface area contributed by atoms with E-state index in [1.54, 1.807) is 18.3 Å². The number of benzene rings is 1. The van der Waals surface area contributed by atoms with E-state index in [0.717, 1.165) is 6.42 Å². The quantitative estimate of drug-likeness (QED) is 0.827. The average Bonchev–Trinajstić information content (AvgIpc) is 2.87. The van der Waals surface area contributed by atoms with E-state index in [9.17, 15) is 4.39 Å². The molecule has 0 amide bonds. The van der Waals surface area contributed by atoms with Crippen LogP contribution in [0.4, 0.5) is 10.1 Å². The highest BCUT2D eigenvalue weighted by molar-refractivity contribution is 5.94. The van der Waals surface area contributed by atoms with Gasteiger partial charge >= 0.3 is 0 Å². The Balaban J connectivity index is 2.09. The van der Waals surface area contributed by atoms with Crippen molar-refractivity contribution in [1.29, 1.82) is 0 Å². The van der Waals surface area contributed by atoms with E-state index in [1.165, 1.54) is 6.07 Å². The molecule has 94 valence electrons. The molecule has 0 spiro atoms. The molecule has 3 rings (SSSR count). The van der Waals surface area contributed by atoms with Gasteiger partial charge < -0.3 is 15.2 Å². The summed E-state index contributed by atoms with van der Waals surface area (Å²) >= 11 is 0. The molecule has 1 atom stereocenters. The zero-order chi connectivity index (χ0) is 12.5. The Kier molecular flexibility index (Phi) is 2.76. The molecule has 1 aromatic heterocycles. The molecule has 5 heteroatoms. The number of hydrogen-bond donors (Lipinski definition) is 1. The molecule has 0 aliphatic carbocycles. The average molecular weight is 248 g/mol. The van der Waals surface area contributed by atoms with E-state index in [-0.39, 0.29) is 11.9 Å². The molecule has 2 N–H and O–H groups in total. The number of fused-ring (bicyclic) bond motifs is 1. The van der Waals surface area contributed by atoms with Gasteiger partial charge in [0.1, 0.15) is 11.6 Å². The molecule has 1 saturated heterocycles. The van der Waals surface area contributed by atoms with Crippen LogP contribution in [-0.4, -0.2) is 24.3 Å². The Morgan fingerprint density at radius 2 is 2.39 bits per heavy atom. The van der Waals surface area contributed by atoms with Crippen molar-refractivity contribution < 1.29 is 13.9 Å². The summed E-state index contributed by atoms with van der Waals surface area (Å²) in [6.07, 6.45) is 2.24. The van der Waals surface area contributed by atoms with Crippen LogP contribution in [0.5, 0.6) is 5.75 Å². The van der Waals surface area contributed by atoms with Crippen LogP contribution in [0, 0.1) is 5.82 Å². The van der Waals surface area contributed by atoms with E-state index in [4.69, 9.17) is 15.2 Å². The van der Waals surface area contributed by atoms with Gasteiger partial charge in [-0.25, -0.2) is 4.39 Å². The fourth-order valence-corrected chi connectivity index (χ4v) is 2.10. The molecule has 1 fully saturated rings. The third-order valence-corrected chi connectivity index (χ3v) is 3.01. The molecular weight excluding hydrogens is 235 g/mol. The number of nitrogens with two attached hydrogens (primary N) is 1. The highest BCUT2D eigenvalue weighted by Crippen LogP contribution is 2.32. The lowest BCUT2D eigenvalue weighted by Crippen LogP contribution is -2.17. The van der Waals surface area contributed by atoms with Gasteiger partial charge in [0.05, 0.1) is 13.2 Å². The van der Waals surface area contributed by atoms with Gasteiger partial charge in [0.15, 0.2) is 11.6 Å². The number of nitrogen functional groups attached to an aromatic ring is 1. The second-order valence-electron chi connectivity index (χ2n) is 4.28. The molecule has 0 radical (unpaired) electrons. The van der Waals surface area contributed by atoms with Crippen molar-refractivity contribution >= 4 is 16.6 Å². The van der Waals surface area contributed by atoms with E-state index < -0.39 is 5.82 Å². The monoisotopic (exact) mass is 248 g/mol. The minimum Gasteiger partial charge on any atom is -0.483 e. The summed E-state index contributed by atoms with van der Waals surface area (Å²) < 4.78 is 24.8. The van der Waals surface area contributed by atoms with E-state index in [2.05, 4.69) is 4.98 Å². The van der Waals surface area contributed by atoms with Crippen LogP contribution in [0.15, 0.2) is 24.4 Å². The summed E-state index contributed by atoms with van der Waals surface area (Å²) in [4.78, 5) is 4.16. The molecule has 2 aromatic rings. The SMILES string of the molecule is Nc1cc(F)c(OC2CCOC2)c2ncccc12. The third-order valence-electron chi connectivity index (χ3n) is 3.01. The van der Waals surface area contributed by atoms with Gasteiger partial charge in [-0.15, -0.1) is 0 Å². The predicted molar refractivity (Wildman–Crippen MR) is 66.0 cm³/mol. The molecule has 1 aromatic carbocycles. The summed E-state index contributed by atoms with van der Waals surface area (Å²) in [5.41, 5.74) is 6.60. The number of ether oxygens (including phenoxy) is 2. The standard InChI is InChI=1S/C13H13FN2O2/c14-10-6-11(15)9-2-1-4-16-12(9)13(10)18-8-3-5-17-7-8/h1-2,4,6,8H,3,5,7,15H2. The Morgan fingerprint density at radius 3 is 3.17 bits per heavy atom. The van der Waals surface area contributed by atoms with Crippen LogP contribution in [0.1, 0.15) is 6.42 Å². The summed E-state index contributed by atoms with van der Waals surface area (Å²) in [5, 5.41) is 0.702. The summed E-state index contributed by atoms with van der Waals surface area (Å²) in [5.74, 6) is -0.319. The Labute approximate surface area is 104 Å². The predicted octanol–water partition coefficient (Wildman–Crippen LogP) is 2.12. The van der Waals surface area contributed by atoms with Crippen molar-refractivity contribution in [3.8, 4) is 5.75 Å². The lowest BCUT2D eigenvalue weighted by molar-refractivity contribution is 0.139. The number of anilines is 1. The zero-order valence-electron chi connectivity index (χ0n) is 9.73. The number of hydrogen-bond acceptors (Lipinski definition) is 4. The van der Waals surface area contributed by atoms with Gasteiger partial charge in [-0.05, 0) is 12.1 Å². The summed E-state index contributed by atoms with van der Waals surface area (Å²) in [7, 11) is 0. The van der Waals surface area contributed by atoms with Crippen LogP contribution < -0.4 is 10.5 Å². The zero-order valence-corrected chi connectivity index (χ0v) is 9.73. The summed E-state index contributed by atoms with van der Waals surface area (Å²) in [6, 6.07) is 4.84. The maximum absolute atomic E-state index is 13.9. The maximum Gasteiger partial charge on any atom is 0.181 e. The molecule has 1 aliphatic rings. The summed E-state index contributed by atoms with van der Waals surface area (Å²) in [6.45, 7) is 1.13. The van der Waals surface area contributed by atoms with Crippen molar-refractivity contribution in [3.63, 3.8) is 0 Å². The van der Waals surface area contributed by atoms with Crippen molar-refractivity contribution in [1.82, 2.24) is 4.98 Å². The molecular formula is C13H13FN2O2. The number of nitrogens with zero attached hydrogens (tertiary/aromatic N) is 1. The second-order valence-corrected chi connectivity index (χ2v) is 4.28. The first-order valence-electron chi connectivity index (χ1n) is 5.83. The van der Waals surface area contributed by atoms with Crippen LogP contribution in [-0.2, 0) is 4.74 Å². The smallest absolute Gasteiger partial charge is 0.181 e. The highest BCUT2D eigenvalue weighted by Gasteiger charge is 2.21. The highest BCUT2D eigenvalue weighted by atomic mass is 19.1. The van der Waals surface area contributed by atoms with Crippen molar-refractivity contribution in [2.75, 3.05) is 18.9 Å². The van der Waals surface area contributed by atoms with Crippen LogP contribution in [0.3, 0.4) is 0 Å². The van der Waals surface area contributed by atoms with Crippen molar-refractivity contribution in [2.45, 2.75) is 12.5 Å².